The molecule has 0 aliphatic carbocycles. The summed E-state index contributed by atoms with van der Waals surface area (Å²) >= 11 is 3.55. The molecular formula is C19H15BrO. The molecule has 0 aromatic heterocycles. The van der Waals surface area contributed by atoms with Crippen LogP contribution in [0.1, 0.15) is 11.1 Å². The van der Waals surface area contributed by atoms with Gasteiger partial charge in [0, 0.05) is 15.6 Å². The molecule has 0 bridgehead atoms. The Balaban J connectivity index is 1.94. The van der Waals surface area contributed by atoms with Gasteiger partial charge in [-0.3, -0.25) is 0 Å². The largest absolute Gasteiger partial charge is 0.488 e. The van der Waals surface area contributed by atoms with Crippen molar-refractivity contribution < 1.29 is 4.74 Å². The number of rotatable bonds is 4. The van der Waals surface area contributed by atoms with Gasteiger partial charge in [0.1, 0.15) is 12.4 Å². The fraction of sp³-hybridized carbons (Fsp3) is 0.0526. The van der Waals surface area contributed by atoms with E-state index in [1.54, 1.807) is 0 Å². The monoisotopic (exact) mass is 338 g/mol. The van der Waals surface area contributed by atoms with E-state index in [4.69, 9.17) is 4.74 Å². The molecule has 0 spiro atoms. The van der Waals surface area contributed by atoms with Crippen molar-refractivity contribution in [3.05, 3.63) is 82.8 Å². The molecule has 104 valence electrons. The van der Waals surface area contributed by atoms with E-state index in [2.05, 4.69) is 46.8 Å². The van der Waals surface area contributed by atoms with Gasteiger partial charge >= 0.3 is 0 Å². The van der Waals surface area contributed by atoms with Crippen molar-refractivity contribution in [2.45, 2.75) is 6.61 Å². The lowest BCUT2D eigenvalue weighted by Gasteiger charge is -2.12. The maximum absolute atomic E-state index is 6.00. The third-order valence-electron chi connectivity index (χ3n) is 3.48. The predicted molar refractivity (Wildman–Crippen MR) is 92.5 cm³/mol. The van der Waals surface area contributed by atoms with Crippen LogP contribution in [0.15, 0.2) is 71.7 Å². The first-order chi connectivity index (χ1) is 10.3. The molecule has 0 heterocycles. The van der Waals surface area contributed by atoms with Gasteiger partial charge in [-0.15, -0.1) is 0 Å². The Morgan fingerprint density at radius 3 is 2.52 bits per heavy atom. The van der Waals surface area contributed by atoms with E-state index in [-0.39, 0.29) is 0 Å². The van der Waals surface area contributed by atoms with Crippen LogP contribution in [0.2, 0.25) is 0 Å². The highest BCUT2D eigenvalue weighted by Crippen LogP contribution is 2.30. The highest BCUT2D eigenvalue weighted by atomic mass is 79.9. The Kier molecular flexibility index (Phi) is 4.07. The fourth-order valence-electron chi connectivity index (χ4n) is 2.38. The van der Waals surface area contributed by atoms with Crippen LogP contribution in [0.3, 0.4) is 0 Å². The standard InChI is InChI=1S/C19H15BrO/c1-2-16-17-9-5-3-7-14(17)11-12-19(16)21-13-15-8-4-6-10-18(15)20/h2-12H,1,13H2. The van der Waals surface area contributed by atoms with Crippen LogP contribution in [0.4, 0.5) is 0 Å². The maximum Gasteiger partial charge on any atom is 0.127 e. The first-order valence-corrected chi connectivity index (χ1v) is 7.59. The molecule has 0 radical (unpaired) electrons. The molecule has 0 unspecified atom stereocenters. The minimum absolute atomic E-state index is 0.528. The molecule has 0 amide bonds. The van der Waals surface area contributed by atoms with Gasteiger partial charge in [-0.1, -0.05) is 77.1 Å². The molecular weight excluding hydrogens is 324 g/mol. The zero-order valence-electron chi connectivity index (χ0n) is 11.6. The van der Waals surface area contributed by atoms with E-state index < -0.39 is 0 Å². The number of ether oxygens (including phenoxy) is 1. The third-order valence-corrected chi connectivity index (χ3v) is 4.25. The van der Waals surface area contributed by atoms with Gasteiger partial charge in [-0.25, -0.2) is 0 Å². The molecule has 0 fully saturated rings. The minimum atomic E-state index is 0.528. The molecule has 0 aliphatic heterocycles. The number of halogens is 1. The number of hydrogen-bond acceptors (Lipinski definition) is 1. The van der Waals surface area contributed by atoms with Gasteiger partial charge in [0.2, 0.25) is 0 Å². The second kappa shape index (κ2) is 6.15. The second-order valence-corrected chi connectivity index (χ2v) is 5.64. The summed E-state index contributed by atoms with van der Waals surface area (Å²) in [5.74, 6) is 0.861. The summed E-state index contributed by atoms with van der Waals surface area (Å²) in [6.07, 6.45) is 1.86. The first kappa shape index (κ1) is 13.9. The lowest BCUT2D eigenvalue weighted by molar-refractivity contribution is 0.305. The lowest BCUT2D eigenvalue weighted by atomic mass is 10.0. The van der Waals surface area contributed by atoms with E-state index in [1.165, 1.54) is 5.39 Å². The normalized spacial score (nSPS) is 10.5. The summed E-state index contributed by atoms with van der Waals surface area (Å²) in [7, 11) is 0. The van der Waals surface area contributed by atoms with Crippen molar-refractivity contribution in [3.63, 3.8) is 0 Å². The predicted octanol–water partition coefficient (Wildman–Crippen LogP) is 5.82. The van der Waals surface area contributed by atoms with Gasteiger partial charge in [-0.05, 0) is 22.9 Å². The van der Waals surface area contributed by atoms with Crippen LogP contribution in [0.5, 0.6) is 5.75 Å². The average molecular weight is 339 g/mol. The quantitative estimate of drug-likeness (QED) is 0.582. The first-order valence-electron chi connectivity index (χ1n) is 6.80. The van der Waals surface area contributed by atoms with Crippen LogP contribution >= 0.6 is 15.9 Å². The second-order valence-electron chi connectivity index (χ2n) is 4.78. The highest BCUT2D eigenvalue weighted by Gasteiger charge is 2.07. The summed E-state index contributed by atoms with van der Waals surface area (Å²) in [6.45, 7) is 4.45. The van der Waals surface area contributed by atoms with Crippen LogP contribution < -0.4 is 4.74 Å². The van der Waals surface area contributed by atoms with Gasteiger partial charge in [0.05, 0.1) is 0 Å². The molecule has 21 heavy (non-hydrogen) atoms. The smallest absolute Gasteiger partial charge is 0.127 e. The van der Waals surface area contributed by atoms with Gasteiger partial charge in [0.25, 0.3) is 0 Å². The third kappa shape index (κ3) is 2.86. The minimum Gasteiger partial charge on any atom is -0.488 e. The molecule has 0 N–H and O–H groups in total. The van der Waals surface area contributed by atoms with Crippen molar-refractivity contribution in [1.82, 2.24) is 0 Å². The van der Waals surface area contributed by atoms with E-state index in [1.807, 2.05) is 42.5 Å². The topological polar surface area (TPSA) is 9.23 Å². The van der Waals surface area contributed by atoms with Crippen molar-refractivity contribution in [2.75, 3.05) is 0 Å². The molecule has 2 heteroatoms. The summed E-state index contributed by atoms with van der Waals surface area (Å²) in [6, 6.07) is 20.4. The Morgan fingerprint density at radius 2 is 1.71 bits per heavy atom. The van der Waals surface area contributed by atoms with Gasteiger partial charge < -0.3 is 4.74 Å². The molecule has 0 aliphatic rings. The highest BCUT2D eigenvalue weighted by molar-refractivity contribution is 9.10. The average Bonchev–Trinajstić information content (AvgIpc) is 2.53. The molecule has 3 aromatic rings. The summed E-state index contributed by atoms with van der Waals surface area (Å²) in [5, 5.41) is 2.36. The van der Waals surface area contributed by atoms with E-state index in [0.29, 0.717) is 6.61 Å². The van der Waals surface area contributed by atoms with Crippen LogP contribution in [0.25, 0.3) is 16.8 Å². The maximum atomic E-state index is 6.00. The fourth-order valence-corrected chi connectivity index (χ4v) is 2.78. The number of fused-ring (bicyclic) bond motifs is 1. The van der Waals surface area contributed by atoms with E-state index in [9.17, 15) is 0 Å². The molecule has 0 saturated heterocycles. The molecule has 3 rings (SSSR count). The Morgan fingerprint density at radius 1 is 0.952 bits per heavy atom. The zero-order chi connectivity index (χ0) is 14.7. The number of hydrogen-bond donors (Lipinski definition) is 0. The molecule has 0 atom stereocenters. The van der Waals surface area contributed by atoms with Crippen molar-refractivity contribution in [3.8, 4) is 5.75 Å². The summed E-state index contributed by atoms with van der Waals surface area (Å²) in [4.78, 5) is 0. The van der Waals surface area contributed by atoms with Crippen LogP contribution in [0, 0.1) is 0 Å². The van der Waals surface area contributed by atoms with Gasteiger partial charge in [-0.2, -0.15) is 0 Å². The van der Waals surface area contributed by atoms with Gasteiger partial charge in [0.15, 0.2) is 0 Å². The number of benzene rings is 3. The Labute approximate surface area is 133 Å². The molecule has 1 nitrogen and oxygen atoms in total. The molecule has 0 saturated carbocycles. The van der Waals surface area contributed by atoms with Crippen molar-refractivity contribution >= 4 is 32.8 Å². The zero-order valence-corrected chi connectivity index (χ0v) is 13.1. The Hall–Kier alpha value is -2.06. The van der Waals surface area contributed by atoms with Crippen molar-refractivity contribution in [2.24, 2.45) is 0 Å². The molecule has 3 aromatic carbocycles. The van der Waals surface area contributed by atoms with E-state index in [0.717, 1.165) is 26.7 Å². The summed E-state index contributed by atoms with van der Waals surface area (Å²) < 4.78 is 7.06. The van der Waals surface area contributed by atoms with Crippen LogP contribution in [-0.4, -0.2) is 0 Å². The summed E-state index contributed by atoms with van der Waals surface area (Å²) in [5.41, 5.74) is 2.17. The van der Waals surface area contributed by atoms with Crippen molar-refractivity contribution in [1.29, 1.82) is 0 Å². The SMILES string of the molecule is C=Cc1c(OCc2ccccc2Br)ccc2ccccc12. The van der Waals surface area contributed by atoms with E-state index >= 15 is 0 Å². The Bertz CT molecular complexity index is 792. The van der Waals surface area contributed by atoms with Crippen LogP contribution in [-0.2, 0) is 6.61 Å². The lowest BCUT2D eigenvalue weighted by Crippen LogP contribution is -1.98.